The van der Waals surface area contributed by atoms with Gasteiger partial charge in [0.05, 0.1) is 15.1 Å². The molecule has 1 atom stereocenters. The van der Waals surface area contributed by atoms with Gasteiger partial charge in [0, 0.05) is 12.6 Å². The number of rotatable bonds is 6. The maximum atomic E-state index is 14.9. The van der Waals surface area contributed by atoms with E-state index in [1.807, 2.05) is 0 Å². The summed E-state index contributed by atoms with van der Waals surface area (Å²) in [5, 5.41) is 3.94. The Bertz CT molecular complexity index is 737. The van der Waals surface area contributed by atoms with Crippen LogP contribution in [0.15, 0.2) is 35.4 Å². The minimum atomic E-state index is -3.50. The second-order valence-corrected chi connectivity index (χ2v) is 6.62. The highest BCUT2D eigenvalue weighted by atomic mass is 35.5. The van der Waals surface area contributed by atoms with Crippen LogP contribution < -0.4 is 11.7 Å². The van der Waals surface area contributed by atoms with Crippen LogP contribution in [0.4, 0.5) is 17.6 Å². The van der Waals surface area contributed by atoms with Crippen LogP contribution in [0.25, 0.3) is 0 Å². The molecule has 2 aromatic rings. The molecule has 1 aromatic heterocycles. The summed E-state index contributed by atoms with van der Waals surface area (Å²) < 4.78 is 57.2. The van der Waals surface area contributed by atoms with Gasteiger partial charge in [0.1, 0.15) is 18.0 Å². The predicted octanol–water partition coefficient (Wildman–Crippen LogP) is 3.63. The molecule has 10 heteroatoms. The standard InChI is InChI=1S/C14H13ClF4N4S/c15-13-4-3-12(24-13)14(18,19)10(6-23(21)7-22-20)9-2-1-8(16)5-11(9)17/h1-5,7,10H,6,20-21H2/b22-7-. The lowest BCUT2D eigenvalue weighted by Crippen LogP contribution is -2.39. The molecule has 0 saturated carbocycles. The summed E-state index contributed by atoms with van der Waals surface area (Å²) in [5.74, 6) is 3.29. The van der Waals surface area contributed by atoms with Crippen LogP contribution in [-0.2, 0) is 5.92 Å². The minimum absolute atomic E-state index is 0.163. The Kier molecular flexibility index (Phi) is 5.68. The van der Waals surface area contributed by atoms with E-state index in [1.165, 1.54) is 6.07 Å². The highest BCUT2D eigenvalue weighted by Crippen LogP contribution is 2.46. The molecule has 0 saturated heterocycles. The first kappa shape index (κ1) is 18.5. The van der Waals surface area contributed by atoms with Gasteiger partial charge in [-0.25, -0.2) is 14.6 Å². The molecule has 0 aliphatic carbocycles. The van der Waals surface area contributed by atoms with Crippen LogP contribution in [0, 0.1) is 11.6 Å². The van der Waals surface area contributed by atoms with Crippen LogP contribution in [0.1, 0.15) is 16.4 Å². The van der Waals surface area contributed by atoms with E-state index < -0.39 is 30.0 Å². The van der Waals surface area contributed by atoms with Crippen molar-refractivity contribution in [1.29, 1.82) is 0 Å². The molecule has 24 heavy (non-hydrogen) atoms. The highest BCUT2D eigenvalue weighted by molar-refractivity contribution is 7.16. The third kappa shape index (κ3) is 3.97. The largest absolute Gasteiger partial charge is 0.322 e. The van der Waals surface area contributed by atoms with Crippen LogP contribution in [-0.4, -0.2) is 17.9 Å². The first-order valence-electron chi connectivity index (χ1n) is 6.59. The van der Waals surface area contributed by atoms with Gasteiger partial charge in [-0.05, 0) is 23.8 Å². The monoisotopic (exact) mass is 380 g/mol. The Hall–Kier alpha value is -1.84. The van der Waals surface area contributed by atoms with Gasteiger partial charge < -0.3 is 5.84 Å². The lowest BCUT2D eigenvalue weighted by atomic mass is 9.90. The fourth-order valence-electron chi connectivity index (χ4n) is 2.20. The van der Waals surface area contributed by atoms with Gasteiger partial charge in [0.15, 0.2) is 0 Å². The zero-order valence-corrected chi connectivity index (χ0v) is 13.7. The van der Waals surface area contributed by atoms with Crippen LogP contribution in [0.5, 0.6) is 0 Å². The summed E-state index contributed by atoms with van der Waals surface area (Å²) in [5.41, 5.74) is -0.383. The van der Waals surface area contributed by atoms with E-state index in [4.69, 9.17) is 23.3 Å². The lowest BCUT2D eigenvalue weighted by molar-refractivity contribution is -0.0367. The van der Waals surface area contributed by atoms with Crippen molar-refractivity contribution in [3.05, 3.63) is 56.7 Å². The maximum absolute atomic E-state index is 14.9. The van der Waals surface area contributed by atoms with Gasteiger partial charge in [0.2, 0.25) is 0 Å². The van der Waals surface area contributed by atoms with Crippen molar-refractivity contribution in [2.24, 2.45) is 16.8 Å². The van der Waals surface area contributed by atoms with Crippen LogP contribution in [0.2, 0.25) is 4.34 Å². The molecule has 0 bridgehead atoms. The molecule has 0 spiro atoms. The van der Waals surface area contributed by atoms with Gasteiger partial charge in [0.25, 0.3) is 5.92 Å². The Labute approximate surface area is 144 Å². The van der Waals surface area contributed by atoms with Gasteiger partial charge in [-0.2, -0.15) is 13.9 Å². The first-order chi connectivity index (χ1) is 11.3. The molecule has 0 aliphatic heterocycles. The summed E-state index contributed by atoms with van der Waals surface area (Å²) in [7, 11) is 0. The van der Waals surface area contributed by atoms with E-state index in [-0.39, 0.29) is 14.8 Å². The SMILES string of the molecule is N/N=C\N(N)CC(c1ccc(F)cc1F)C(F)(F)c1ccc(Cl)s1. The Balaban J connectivity index is 2.49. The molecule has 1 aromatic carbocycles. The lowest BCUT2D eigenvalue weighted by Gasteiger charge is -2.29. The van der Waals surface area contributed by atoms with Crippen molar-refractivity contribution < 1.29 is 17.6 Å². The number of hydrazine groups is 1. The molecule has 0 radical (unpaired) electrons. The molecule has 130 valence electrons. The number of benzene rings is 1. The number of halogens is 5. The first-order valence-corrected chi connectivity index (χ1v) is 7.78. The molecule has 4 N–H and O–H groups in total. The van der Waals surface area contributed by atoms with Gasteiger partial charge in [-0.3, -0.25) is 5.01 Å². The number of alkyl halides is 2. The Morgan fingerprint density at radius 3 is 2.54 bits per heavy atom. The number of hydrazone groups is 1. The third-order valence-electron chi connectivity index (χ3n) is 3.29. The molecule has 0 fully saturated rings. The number of hydrogen-bond donors (Lipinski definition) is 2. The zero-order valence-electron chi connectivity index (χ0n) is 12.1. The number of thiophene rings is 1. The molecule has 1 heterocycles. The van der Waals surface area contributed by atoms with Gasteiger partial charge in [-0.1, -0.05) is 17.7 Å². The molecule has 2 rings (SSSR count). The van der Waals surface area contributed by atoms with Crippen molar-refractivity contribution >= 4 is 29.3 Å². The topological polar surface area (TPSA) is 67.6 Å². The van der Waals surface area contributed by atoms with E-state index in [0.717, 1.165) is 29.5 Å². The third-order valence-corrected chi connectivity index (χ3v) is 4.60. The van der Waals surface area contributed by atoms with E-state index in [2.05, 4.69) is 5.10 Å². The number of nitrogens with zero attached hydrogens (tertiary/aromatic N) is 2. The van der Waals surface area contributed by atoms with Crippen LogP contribution in [0.3, 0.4) is 0 Å². The van der Waals surface area contributed by atoms with Crippen LogP contribution >= 0.6 is 22.9 Å². The van der Waals surface area contributed by atoms with Crippen molar-refractivity contribution in [2.45, 2.75) is 11.8 Å². The van der Waals surface area contributed by atoms with Crippen molar-refractivity contribution in [3.8, 4) is 0 Å². The molecule has 1 unspecified atom stereocenters. The molecule has 4 nitrogen and oxygen atoms in total. The smallest absolute Gasteiger partial charge is 0.290 e. The Morgan fingerprint density at radius 2 is 2.00 bits per heavy atom. The fraction of sp³-hybridized carbons (Fsp3) is 0.214. The van der Waals surface area contributed by atoms with Gasteiger partial charge in [-0.15, -0.1) is 11.3 Å². The second kappa shape index (κ2) is 7.37. The predicted molar refractivity (Wildman–Crippen MR) is 85.9 cm³/mol. The summed E-state index contributed by atoms with van der Waals surface area (Å²) >= 11 is 6.38. The molecule has 0 amide bonds. The zero-order chi connectivity index (χ0) is 17.9. The summed E-state index contributed by atoms with van der Waals surface area (Å²) in [6.07, 6.45) is 0.923. The summed E-state index contributed by atoms with van der Waals surface area (Å²) in [4.78, 5) is -0.362. The fourth-order valence-corrected chi connectivity index (χ4v) is 3.27. The quantitative estimate of drug-likeness (QED) is 0.264. The van der Waals surface area contributed by atoms with E-state index >= 15 is 0 Å². The molecular formula is C14H13ClF4N4S. The van der Waals surface area contributed by atoms with E-state index in [1.54, 1.807) is 0 Å². The molecule has 0 aliphatic rings. The van der Waals surface area contributed by atoms with E-state index in [0.29, 0.717) is 17.4 Å². The molecular weight excluding hydrogens is 368 g/mol. The number of hydrogen-bond acceptors (Lipinski definition) is 4. The summed E-state index contributed by atoms with van der Waals surface area (Å²) in [6.45, 7) is -0.508. The van der Waals surface area contributed by atoms with Crippen molar-refractivity contribution in [2.75, 3.05) is 6.54 Å². The Morgan fingerprint density at radius 1 is 1.29 bits per heavy atom. The average molecular weight is 381 g/mol. The van der Waals surface area contributed by atoms with E-state index in [9.17, 15) is 17.6 Å². The van der Waals surface area contributed by atoms with Gasteiger partial charge >= 0.3 is 0 Å². The summed E-state index contributed by atoms with van der Waals surface area (Å²) in [6, 6.07) is 4.87. The minimum Gasteiger partial charge on any atom is -0.322 e. The second-order valence-electron chi connectivity index (χ2n) is 4.91. The normalized spacial score (nSPS) is 13.4. The van der Waals surface area contributed by atoms with Crippen molar-refractivity contribution in [3.63, 3.8) is 0 Å². The average Bonchev–Trinajstić information content (AvgIpc) is 2.93. The number of nitrogens with two attached hydrogens (primary N) is 2. The highest BCUT2D eigenvalue weighted by Gasteiger charge is 2.45. The van der Waals surface area contributed by atoms with Crippen molar-refractivity contribution in [1.82, 2.24) is 5.01 Å². The maximum Gasteiger partial charge on any atom is 0.290 e.